The van der Waals surface area contributed by atoms with Crippen molar-refractivity contribution >= 4 is 52.0 Å². The topological polar surface area (TPSA) is 114 Å². The highest BCUT2D eigenvalue weighted by atomic mass is 35.5. The molecule has 1 saturated heterocycles. The molecule has 1 amide bonds. The summed E-state index contributed by atoms with van der Waals surface area (Å²) in [6.07, 6.45) is 5.10. The Morgan fingerprint density at radius 2 is 1.95 bits per heavy atom. The molecule has 41 heavy (non-hydrogen) atoms. The van der Waals surface area contributed by atoms with Crippen LogP contribution >= 0.6 is 23.5 Å². The smallest absolute Gasteiger partial charge is 0.281 e. The summed E-state index contributed by atoms with van der Waals surface area (Å²) in [5.41, 5.74) is 3.02. The zero-order valence-electron chi connectivity index (χ0n) is 23.3. The number of rotatable bonds is 8. The molecule has 4 aromatic rings. The molecule has 1 aromatic carbocycles. The molecule has 5 rings (SSSR count). The molecule has 0 spiro atoms. The number of aromatic nitrogens is 4. The standard InChI is InChI=1S/C29H32ClN7O3S/c1-17-15-20(18(2)32-22-8-9-23(30)33-26(22)27(38)35-41-4)25-21(16-17)28(39)36(3)29(34-25)37-13-10-19(11-14-37)40-24-7-5-6-12-31-24/h5-9,12,15-16,18-19,32H,10-11,13-14H2,1-4H3,(H,35,38). The quantitative estimate of drug-likeness (QED) is 0.217. The molecule has 0 bridgehead atoms. The minimum Gasteiger partial charge on any atom is -0.474 e. The van der Waals surface area contributed by atoms with Gasteiger partial charge in [-0.2, -0.15) is 0 Å². The Kier molecular flexibility index (Phi) is 8.65. The molecular weight excluding hydrogens is 562 g/mol. The highest BCUT2D eigenvalue weighted by molar-refractivity contribution is 7.97. The first kappa shape index (κ1) is 28.7. The molecular formula is C29H32ClN7O3S. The van der Waals surface area contributed by atoms with Crippen molar-refractivity contribution in [1.82, 2.24) is 24.2 Å². The summed E-state index contributed by atoms with van der Waals surface area (Å²) in [6, 6.07) is 12.6. The van der Waals surface area contributed by atoms with Crippen LogP contribution in [0.4, 0.5) is 11.6 Å². The summed E-state index contributed by atoms with van der Waals surface area (Å²) < 4.78 is 10.4. The Balaban J connectivity index is 1.45. The summed E-state index contributed by atoms with van der Waals surface area (Å²) >= 11 is 7.28. The first-order chi connectivity index (χ1) is 19.7. The van der Waals surface area contributed by atoms with Gasteiger partial charge < -0.3 is 15.0 Å². The van der Waals surface area contributed by atoms with Crippen LogP contribution in [0.5, 0.6) is 5.88 Å². The number of hydrogen-bond acceptors (Lipinski definition) is 9. The second-order valence-corrected chi connectivity index (χ2v) is 11.0. The molecule has 1 unspecified atom stereocenters. The number of amides is 1. The van der Waals surface area contributed by atoms with Crippen molar-refractivity contribution in [3.05, 3.63) is 81.0 Å². The van der Waals surface area contributed by atoms with Crippen LogP contribution < -0.4 is 25.2 Å². The number of aryl methyl sites for hydroxylation is 1. The van der Waals surface area contributed by atoms with Crippen LogP contribution in [0.1, 0.15) is 47.4 Å². The number of anilines is 2. The fraction of sp³-hybridized carbons (Fsp3) is 0.345. The normalized spacial score (nSPS) is 14.6. The number of fused-ring (bicyclic) bond motifs is 1. The summed E-state index contributed by atoms with van der Waals surface area (Å²) in [7, 11) is 1.76. The minimum absolute atomic E-state index is 0.0477. The number of carbonyl (C=O) groups excluding carboxylic acids is 1. The van der Waals surface area contributed by atoms with Crippen molar-refractivity contribution in [2.75, 3.05) is 29.6 Å². The van der Waals surface area contributed by atoms with E-state index in [1.165, 1.54) is 11.9 Å². The number of hydrogen-bond donors (Lipinski definition) is 2. The lowest BCUT2D eigenvalue weighted by Gasteiger charge is -2.33. The lowest BCUT2D eigenvalue weighted by atomic mass is 10.0. The average Bonchev–Trinajstić information content (AvgIpc) is 2.97. The number of nitrogens with zero attached hydrogens (tertiary/aromatic N) is 5. The Bertz CT molecular complexity index is 1620. The molecule has 2 N–H and O–H groups in total. The molecule has 4 heterocycles. The molecule has 1 fully saturated rings. The van der Waals surface area contributed by atoms with Gasteiger partial charge in [0, 0.05) is 57.1 Å². The van der Waals surface area contributed by atoms with Gasteiger partial charge in [0.25, 0.3) is 11.5 Å². The molecule has 1 aliphatic rings. The van der Waals surface area contributed by atoms with E-state index in [0.717, 1.165) is 24.0 Å². The molecule has 0 aliphatic carbocycles. The van der Waals surface area contributed by atoms with Crippen LogP contribution in [0.3, 0.4) is 0 Å². The highest BCUT2D eigenvalue weighted by Crippen LogP contribution is 2.30. The van der Waals surface area contributed by atoms with E-state index in [9.17, 15) is 9.59 Å². The van der Waals surface area contributed by atoms with Crippen LogP contribution in [0.25, 0.3) is 10.9 Å². The molecule has 12 heteroatoms. The molecule has 1 aliphatic heterocycles. The summed E-state index contributed by atoms with van der Waals surface area (Å²) in [6.45, 7) is 5.32. The molecule has 10 nitrogen and oxygen atoms in total. The maximum Gasteiger partial charge on any atom is 0.281 e. The Hall–Kier alpha value is -3.83. The predicted octanol–water partition coefficient (Wildman–Crippen LogP) is 4.91. The maximum absolute atomic E-state index is 13.6. The van der Waals surface area contributed by atoms with Crippen molar-refractivity contribution in [2.45, 2.75) is 38.8 Å². The van der Waals surface area contributed by atoms with Gasteiger partial charge in [0.1, 0.15) is 11.3 Å². The Labute approximate surface area is 247 Å². The lowest BCUT2D eigenvalue weighted by molar-refractivity contribution is 0.0980. The van der Waals surface area contributed by atoms with Gasteiger partial charge in [-0.3, -0.25) is 18.9 Å². The molecule has 0 radical (unpaired) electrons. The van der Waals surface area contributed by atoms with Gasteiger partial charge in [0.15, 0.2) is 5.69 Å². The zero-order valence-corrected chi connectivity index (χ0v) is 24.9. The van der Waals surface area contributed by atoms with Crippen LogP contribution in [-0.2, 0) is 7.05 Å². The van der Waals surface area contributed by atoms with E-state index in [0.29, 0.717) is 41.5 Å². The number of pyridine rings is 2. The monoisotopic (exact) mass is 593 g/mol. The Morgan fingerprint density at radius 3 is 2.66 bits per heavy atom. The van der Waals surface area contributed by atoms with Crippen LogP contribution in [0.2, 0.25) is 5.15 Å². The van der Waals surface area contributed by atoms with E-state index in [4.69, 9.17) is 21.3 Å². The third-order valence-electron chi connectivity index (χ3n) is 7.09. The first-order valence-corrected chi connectivity index (χ1v) is 15.0. The van der Waals surface area contributed by atoms with Gasteiger partial charge >= 0.3 is 0 Å². The molecule has 0 saturated carbocycles. The maximum atomic E-state index is 13.6. The van der Waals surface area contributed by atoms with Gasteiger partial charge in [-0.25, -0.2) is 15.0 Å². The van der Waals surface area contributed by atoms with Gasteiger partial charge in [0.2, 0.25) is 11.8 Å². The largest absolute Gasteiger partial charge is 0.474 e. The summed E-state index contributed by atoms with van der Waals surface area (Å²) in [5, 5.41) is 4.16. The van der Waals surface area contributed by atoms with Crippen molar-refractivity contribution in [2.24, 2.45) is 7.05 Å². The van der Waals surface area contributed by atoms with Crippen LogP contribution in [0, 0.1) is 6.92 Å². The minimum atomic E-state index is -0.353. The zero-order chi connectivity index (χ0) is 29.1. The van der Waals surface area contributed by atoms with E-state index in [1.54, 1.807) is 36.2 Å². The average molecular weight is 594 g/mol. The number of nitrogens with one attached hydrogen (secondary N) is 2. The van der Waals surface area contributed by atoms with Gasteiger partial charge in [-0.1, -0.05) is 35.7 Å². The number of carbonyl (C=O) groups is 1. The fourth-order valence-corrected chi connectivity index (χ4v) is 5.52. The fourth-order valence-electron chi connectivity index (χ4n) is 5.09. The van der Waals surface area contributed by atoms with Crippen molar-refractivity contribution in [1.29, 1.82) is 0 Å². The van der Waals surface area contributed by atoms with Gasteiger partial charge in [0.05, 0.1) is 22.6 Å². The lowest BCUT2D eigenvalue weighted by Crippen LogP contribution is -2.41. The summed E-state index contributed by atoms with van der Waals surface area (Å²) in [5.74, 6) is 0.881. The number of ether oxygens (including phenoxy) is 1. The SMILES string of the molecule is CSNC(=O)c1nc(Cl)ccc1NC(C)c1cc(C)cc2c(=O)n(C)c(N3CCC(Oc4ccccn4)CC3)nc12. The number of piperidine rings is 1. The molecule has 3 aromatic heterocycles. The third-order valence-corrected chi connectivity index (χ3v) is 7.69. The van der Waals surface area contributed by atoms with Crippen LogP contribution in [0.15, 0.2) is 53.5 Å². The number of halogens is 1. The van der Waals surface area contributed by atoms with Gasteiger partial charge in [-0.15, -0.1) is 0 Å². The van der Waals surface area contributed by atoms with Crippen molar-refractivity contribution < 1.29 is 9.53 Å². The second-order valence-electron chi connectivity index (χ2n) is 10.0. The molecule has 1 atom stereocenters. The second kappa shape index (κ2) is 12.4. The summed E-state index contributed by atoms with van der Waals surface area (Å²) in [4.78, 5) is 42.0. The van der Waals surface area contributed by atoms with E-state index < -0.39 is 0 Å². The van der Waals surface area contributed by atoms with E-state index in [1.807, 2.05) is 44.2 Å². The predicted molar refractivity (Wildman–Crippen MR) is 164 cm³/mol. The van der Waals surface area contributed by atoms with E-state index in [-0.39, 0.29) is 34.5 Å². The first-order valence-electron chi connectivity index (χ1n) is 13.4. The third kappa shape index (κ3) is 6.25. The van der Waals surface area contributed by atoms with Crippen molar-refractivity contribution in [3.8, 4) is 5.88 Å². The van der Waals surface area contributed by atoms with Crippen molar-refractivity contribution in [3.63, 3.8) is 0 Å². The Morgan fingerprint density at radius 1 is 1.17 bits per heavy atom. The van der Waals surface area contributed by atoms with E-state index in [2.05, 4.69) is 24.9 Å². The van der Waals surface area contributed by atoms with Gasteiger partial charge in [-0.05, 0) is 43.7 Å². The van der Waals surface area contributed by atoms with E-state index >= 15 is 0 Å². The van der Waals surface area contributed by atoms with Crippen LogP contribution in [-0.4, -0.2) is 50.9 Å². The molecule has 214 valence electrons. The highest BCUT2D eigenvalue weighted by Gasteiger charge is 2.26. The number of benzene rings is 1.